The summed E-state index contributed by atoms with van der Waals surface area (Å²) in [6.07, 6.45) is 9.39. The Balaban J connectivity index is 1.14. The van der Waals surface area contributed by atoms with Gasteiger partial charge in [0.05, 0.1) is 16.6 Å². The Bertz CT molecular complexity index is 2440. The minimum atomic E-state index is 0.312. The van der Waals surface area contributed by atoms with Gasteiger partial charge in [-0.25, -0.2) is 0 Å². The lowest BCUT2D eigenvalue weighted by molar-refractivity contribution is 0.576. The van der Waals surface area contributed by atoms with Gasteiger partial charge in [-0.05, 0) is 91.1 Å². The summed E-state index contributed by atoms with van der Waals surface area (Å²) in [4.78, 5) is 9.21. The molecule has 2 unspecified atom stereocenters. The van der Waals surface area contributed by atoms with Crippen molar-refractivity contribution in [3.63, 3.8) is 0 Å². The molecule has 2 aliphatic rings. The number of aliphatic imine (C=N–C) groups is 1. The number of pyridine rings is 1. The van der Waals surface area contributed by atoms with E-state index < -0.39 is 0 Å². The van der Waals surface area contributed by atoms with Crippen LogP contribution in [-0.2, 0) is 6.42 Å². The molecule has 0 spiro atoms. The van der Waals surface area contributed by atoms with Crippen LogP contribution in [-0.4, -0.2) is 26.9 Å². The van der Waals surface area contributed by atoms with Gasteiger partial charge in [0.25, 0.3) is 0 Å². The largest absolute Gasteiger partial charge is 0.313 e. The number of hydrogen-bond donors (Lipinski definition) is 0. The fourth-order valence-electron chi connectivity index (χ4n) is 8.24. The van der Waals surface area contributed by atoms with Gasteiger partial charge in [0.1, 0.15) is 0 Å². The number of aromatic nitrogens is 3. The van der Waals surface area contributed by atoms with E-state index in [1.54, 1.807) is 0 Å². The van der Waals surface area contributed by atoms with Crippen LogP contribution in [0.3, 0.4) is 0 Å². The van der Waals surface area contributed by atoms with Crippen molar-refractivity contribution in [3.05, 3.63) is 155 Å². The van der Waals surface area contributed by atoms with Gasteiger partial charge in [0.15, 0.2) is 0 Å². The van der Waals surface area contributed by atoms with Crippen LogP contribution in [0, 0.1) is 5.92 Å². The van der Waals surface area contributed by atoms with E-state index in [9.17, 15) is 0 Å². The second-order valence-corrected chi connectivity index (χ2v) is 13.1. The van der Waals surface area contributed by atoms with Crippen molar-refractivity contribution in [2.45, 2.75) is 33.1 Å². The highest BCUT2D eigenvalue weighted by atomic mass is 15.0. The maximum atomic E-state index is 4.70. The first-order valence-corrected chi connectivity index (χ1v) is 16.6. The van der Waals surface area contributed by atoms with Crippen molar-refractivity contribution >= 4 is 44.5 Å². The molecule has 9 rings (SSSR count). The summed E-state index contributed by atoms with van der Waals surface area (Å²) in [6, 6.07) is 37.6. The van der Waals surface area contributed by atoms with E-state index in [2.05, 4.69) is 150 Å². The van der Waals surface area contributed by atoms with Crippen LogP contribution in [0.4, 0.5) is 0 Å². The highest BCUT2D eigenvalue weighted by Crippen LogP contribution is 2.46. The molecule has 0 fully saturated rings. The molecule has 1 aliphatic heterocycles. The zero-order chi connectivity index (χ0) is 31.6. The van der Waals surface area contributed by atoms with E-state index in [1.165, 1.54) is 77.5 Å². The Hall–Kier alpha value is -5.48. The van der Waals surface area contributed by atoms with E-state index in [1.807, 2.05) is 12.4 Å². The summed E-state index contributed by atoms with van der Waals surface area (Å²) in [5, 5.41) is 3.71. The average Bonchev–Trinajstić information content (AvgIpc) is 3.63. The Morgan fingerprint density at radius 3 is 2.19 bits per heavy atom. The molecular weight excluding hydrogens is 573 g/mol. The second-order valence-electron chi connectivity index (χ2n) is 13.1. The molecule has 0 bridgehead atoms. The monoisotopic (exact) mass is 608 g/mol. The molecular formula is C43H36N4. The predicted molar refractivity (Wildman–Crippen MR) is 196 cm³/mol. The first-order valence-electron chi connectivity index (χ1n) is 16.6. The van der Waals surface area contributed by atoms with E-state index in [-0.39, 0.29) is 0 Å². The van der Waals surface area contributed by atoms with Crippen molar-refractivity contribution in [2.24, 2.45) is 10.9 Å². The highest BCUT2D eigenvalue weighted by molar-refractivity contribution is 6.10. The number of nitrogens with zero attached hydrogens (tertiary/aromatic N) is 4. The molecule has 0 saturated carbocycles. The third kappa shape index (κ3) is 4.28. The molecule has 1 aliphatic carbocycles. The molecule has 0 amide bonds. The maximum Gasteiger partial charge on any atom is 0.0571 e. The van der Waals surface area contributed by atoms with Crippen LogP contribution in [0.2, 0.25) is 0 Å². The van der Waals surface area contributed by atoms with E-state index in [4.69, 9.17) is 4.99 Å². The van der Waals surface area contributed by atoms with Crippen molar-refractivity contribution in [3.8, 4) is 11.4 Å². The van der Waals surface area contributed by atoms with Crippen LogP contribution in [0.5, 0.6) is 0 Å². The average molecular weight is 609 g/mol. The summed E-state index contributed by atoms with van der Waals surface area (Å²) >= 11 is 0. The standard InChI is InChI=1S/C43H36N4/c1-27-22-34(30-14-16-39-35(23-30)37-25-44-20-18-41(37)46(39)32-10-6-4-7-11-32)28(2)29(3)43(27)31-15-17-40-36(24-31)38-26-45-21-19-42(38)47(40)33-12-8-5-9-13-33/h4-18,20,22-26,29,43H,19,21H2,1-3H3. The summed E-state index contributed by atoms with van der Waals surface area (Å²) in [7, 11) is 0. The van der Waals surface area contributed by atoms with E-state index >= 15 is 0 Å². The van der Waals surface area contributed by atoms with Crippen molar-refractivity contribution in [1.82, 2.24) is 14.1 Å². The molecule has 4 aromatic carbocycles. The van der Waals surface area contributed by atoms with Crippen molar-refractivity contribution in [2.75, 3.05) is 6.54 Å². The second kappa shape index (κ2) is 10.8. The highest BCUT2D eigenvalue weighted by Gasteiger charge is 2.30. The normalized spacial score (nSPS) is 17.9. The fourth-order valence-corrected chi connectivity index (χ4v) is 8.24. The summed E-state index contributed by atoms with van der Waals surface area (Å²) in [6.45, 7) is 7.88. The summed E-state index contributed by atoms with van der Waals surface area (Å²) in [5.41, 5.74) is 15.4. The summed E-state index contributed by atoms with van der Waals surface area (Å²) < 4.78 is 4.79. The molecule has 4 nitrogen and oxygen atoms in total. The molecule has 3 aromatic heterocycles. The number of rotatable bonds is 4. The number of benzene rings is 4. The van der Waals surface area contributed by atoms with Gasteiger partial charge >= 0.3 is 0 Å². The van der Waals surface area contributed by atoms with Gasteiger partial charge < -0.3 is 9.13 Å². The minimum absolute atomic E-state index is 0.312. The maximum absolute atomic E-state index is 4.70. The number of para-hydroxylation sites is 2. The summed E-state index contributed by atoms with van der Waals surface area (Å²) in [5.74, 6) is 0.670. The zero-order valence-corrected chi connectivity index (χ0v) is 27.0. The van der Waals surface area contributed by atoms with Gasteiger partial charge in [-0.1, -0.05) is 72.7 Å². The first kappa shape index (κ1) is 27.8. The van der Waals surface area contributed by atoms with Gasteiger partial charge in [-0.2, -0.15) is 0 Å². The zero-order valence-electron chi connectivity index (χ0n) is 27.0. The SMILES string of the molecule is CC1=CC(c2ccc3c(c2)c2cnccc2n3-c2ccccc2)=C(C)C(C)C1c1ccc2c(c1)c1c(n2-c2ccccc2)CCN=C1. The lowest BCUT2D eigenvalue weighted by Crippen LogP contribution is -2.17. The van der Waals surface area contributed by atoms with Crippen LogP contribution in [0.1, 0.15) is 49.1 Å². The number of fused-ring (bicyclic) bond motifs is 6. The molecule has 0 saturated heterocycles. The van der Waals surface area contributed by atoms with Crippen LogP contribution in [0.25, 0.3) is 49.7 Å². The number of allylic oxidation sites excluding steroid dienone is 4. The van der Waals surface area contributed by atoms with Crippen LogP contribution in [0.15, 0.2) is 138 Å². The minimum Gasteiger partial charge on any atom is -0.313 e. The van der Waals surface area contributed by atoms with Crippen molar-refractivity contribution in [1.29, 1.82) is 0 Å². The topological polar surface area (TPSA) is 35.1 Å². The molecule has 4 heterocycles. The molecule has 0 radical (unpaired) electrons. The quantitative estimate of drug-likeness (QED) is 0.196. The Labute approximate surface area is 275 Å². The van der Waals surface area contributed by atoms with Gasteiger partial charge in [0, 0.05) is 76.3 Å². The Morgan fingerprint density at radius 2 is 1.40 bits per heavy atom. The molecule has 7 aromatic rings. The van der Waals surface area contributed by atoms with E-state index in [0.29, 0.717) is 11.8 Å². The molecule has 47 heavy (non-hydrogen) atoms. The molecule has 0 N–H and O–H groups in total. The van der Waals surface area contributed by atoms with Crippen LogP contribution >= 0.6 is 0 Å². The molecule has 2 atom stereocenters. The Kier molecular flexibility index (Phi) is 6.39. The Morgan fingerprint density at radius 1 is 0.702 bits per heavy atom. The van der Waals surface area contributed by atoms with Crippen LogP contribution < -0.4 is 0 Å². The van der Waals surface area contributed by atoms with Gasteiger partial charge in [-0.3, -0.25) is 9.98 Å². The third-order valence-electron chi connectivity index (χ3n) is 10.6. The lowest BCUT2D eigenvalue weighted by atomic mass is 9.72. The van der Waals surface area contributed by atoms with Gasteiger partial charge in [-0.15, -0.1) is 0 Å². The smallest absolute Gasteiger partial charge is 0.0571 e. The van der Waals surface area contributed by atoms with E-state index in [0.717, 1.165) is 18.7 Å². The molecule has 4 heteroatoms. The third-order valence-corrected chi connectivity index (χ3v) is 10.6. The van der Waals surface area contributed by atoms with Crippen molar-refractivity contribution < 1.29 is 0 Å². The lowest BCUT2D eigenvalue weighted by Gasteiger charge is -2.32. The molecule has 228 valence electrons. The fraction of sp³-hybridized carbons (Fsp3) is 0.163. The predicted octanol–water partition coefficient (Wildman–Crippen LogP) is 10.3. The number of hydrogen-bond acceptors (Lipinski definition) is 2. The first-order chi connectivity index (χ1) is 23.1. The van der Waals surface area contributed by atoms with Gasteiger partial charge in [0.2, 0.25) is 0 Å².